The Morgan fingerprint density at radius 2 is 2.67 bits per heavy atom. The predicted octanol–water partition coefficient (Wildman–Crippen LogP) is 2.17. The van der Waals surface area contributed by atoms with Crippen LogP contribution in [0.15, 0.2) is 4.74 Å². The summed E-state index contributed by atoms with van der Waals surface area (Å²) in [4.78, 5) is 0. The van der Waals surface area contributed by atoms with E-state index in [1.165, 1.54) is 19.7 Å². The van der Waals surface area contributed by atoms with E-state index < -0.39 is 0 Å². The minimum absolute atomic E-state index is 1.09. The molecule has 0 radical (unpaired) electrons. The molecule has 0 aromatic rings. The van der Waals surface area contributed by atoms with Gasteiger partial charge < -0.3 is 0 Å². The molecular formula is C3H6NPS. The lowest BCUT2D eigenvalue weighted by Crippen LogP contribution is -1.82. The first-order valence-electron chi connectivity index (χ1n) is 1.99. The van der Waals surface area contributed by atoms with Crippen LogP contribution in [0.4, 0.5) is 0 Å². The van der Waals surface area contributed by atoms with Crippen molar-refractivity contribution in [3.8, 4) is 0 Å². The van der Waals surface area contributed by atoms with E-state index in [1.54, 1.807) is 0 Å². The van der Waals surface area contributed by atoms with Gasteiger partial charge in [0.15, 0.2) is 0 Å². The third-order valence-corrected chi connectivity index (χ3v) is 2.75. The van der Waals surface area contributed by atoms with Crippen LogP contribution in [0.5, 0.6) is 0 Å². The van der Waals surface area contributed by atoms with Crippen LogP contribution >= 0.6 is 19.0 Å². The van der Waals surface area contributed by atoms with Gasteiger partial charge in [-0.1, -0.05) is 11.4 Å². The third kappa shape index (κ3) is 1.27. The van der Waals surface area contributed by atoms with Crippen molar-refractivity contribution in [1.29, 1.82) is 0 Å². The van der Waals surface area contributed by atoms with E-state index in [2.05, 4.69) is 4.74 Å². The maximum atomic E-state index is 4.11. The monoisotopic (exact) mass is 119 g/mol. The van der Waals surface area contributed by atoms with Gasteiger partial charge in [0.05, 0.1) is 7.57 Å². The molecule has 0 unspecified atom stereocenters. The smallest absolute Gasteiger partial charge is 0.0729 e. The fourth-order valence-corrected chi connectivity index (χ4v) is 2.09. The predicted molar refractivity (Wildman–Crippen MR) is 31.3 cm³/mol. The average molecular weight is 119 g/mol. The number of rotatable bonds is 0. The molecule has 0 amide bonds. The van der Waals surface area contributed by atoms with Crippen LogP contribution in [0.2, 0.25) is 0 Å². The van der Waals surface area contributed by atoms with Crippen molar-refractivity contribution in [2.45, 2.75) is 6.42 Å². The van der Waals surface area contributed by atoms with Crippen molar-refractivity contribution < 1.29 is 0 Å². The van der Waals surface area contributed by atoms with Crippen molar-refractivity contribution in [2.75, 3.05) is 12.3 Å². The highest BCUT2D eigenvalue weighted by Gasteiger charge is 1.89. The Bertz CT molecular complexity index is 55.8. The largest absolute Gasteiger partial charge is 0.257 e. The molecule has 1 nitrogen and oxygen atoms in total. The lowest BCUT2D eigenvalue weighted by molar-refractivity contribution is 0.954. The summed E-state index contributed by atoms with van der Waals surface area (Å²) in [6.45, 7) is 1.09. The number of nitrogens with zero attached hydrogens (tertiary/aromatic N) is 1. The highest BCUT2D eigenvalue weighted by molar-refractivity contribution is 8.46. The first-order chi connectivity index (χ1) is 3.00. The second-order valence-electron chi connectivity index (χ2n) is 1.13. The van der Waals surface area contributed by atoms with Gasteiger partial charge in [0, 0.05) is 12.3 Å². The van der Waals surface area contributed by atoms with E-state index in [4.69, 9.17) is 0 Å². The molecule has 3 heteroatoms. The van der Waals surface area contributed by atoms with Crippen LogP contribution in [0, 0.1) is 0 Å². The maximum Gasteiger partial charge on any atom is 0.0729 e. The number of hydrogen-bond acceptors (Lipinski definition) is 2. The number of hydrogen-bond donors (Lipinski definition) is 0. The van der Waals surface area contributed by atoms with Gasteiger partial charge in [-0.25, -0.2) is 0 Å². The molecule has 1 aliphatic heterocycles. The van der Waals surface area contributed by atoms with E-state index in [1.807, 2.05) is 11.4 Å². The molecule has 0 aromatic heterocycles. The van der Waals surface area contributed by atoms with E-state index in [-0.39, 0.29) is 0 Å². The molecule has 0 spiro atoms. The van der Waals surface area contributed by atoms with Crippen LogP contribution in [0.25, 0.3) is 0 Å². The van der Waals surface area contributed by atoms with Crippen molar-refractivity contribution in [3.05, 3.63) is 0 Å². The molecule has 34 valence electrons. The molecule has 0 atom stereocenters. The molecule has 1 aliphatic rings. The fraction of sp³-hybridized carbons (Fsp3) is 1.00. The molecular weight excluding hydrogens is 113 g/mol. The Kier molecular flexibility index (Phi) is 1.99. The van der Waals surface area contributed by atoms with Gasteiger partial charge in [-0.05, 0) is 6.42 Å². The fourth-order valence-electron chi connectivity index (χ4n) is 0.322. The van der Waals surface area contributed by atoms with Crippen molar-refractivity contribution in [2.24, 2.45) is 4.74 Å². The normalized spacial score (nSPS) is 24.0. The van der Waals surface area contributed by atoms with Gasteiger partial charge in [-0.15, -0.1) is 0 Å². The van der Waals surface area contributed by atoms with Crippen LogP contribution in [0.1, 0.15) is 6.42 Å². The maximum absolute atomic E-state index is 4.11. The second kappa shape index (κ2) is 2.59. The lowest BCUT2D eigenvalue weighted by Gasteiger charge is -1.95. The van der Waals surface area contributed by atoms with Gasteiger partial charge in [0.25, 0.3) is 0 Å². The summed E-state index contributed by atoms with van der Waals surface area (Å²) >= 11 is 1.90. The van der Waals surface area contributed by atoms with Crippen molar-refractivity contribution >= 4 is 19.0 Å². The summed E-state index contributed by atoms with van der Waals surface area (Å²) in [6.07, 6.45) is 1.29. The lowest BCUT2D eigenvalue weighted by atomic mass is 10.5. The van der Waals surface area contributed by atoms with Gasteiger partial charge in [0.2, 0.25) is 0 Å². The topological polar surface area (TPSA) is 12.4 Å². The Morgan fingerprint density at radius 1 is 1.67 bits per heavy atom. The van der Waals surface area contributed by atoms with Crippen LogP contribution in [0.3, 0.4) is 0 Å². The van der Waals surface area contributed by atoms with Crippen LogP contribution in [-0.2, 0) is 0 Å². The Hall–Kier alpha value is 0.450. The van der Waals surface area contributed by atoms with Gasteiger partial charge in [0.1, 0.15) is 0 Å². The standard InChI is InChI=1S/C3H6NPS/c1-2-4-5-6-3-1/h1-3H2. The molecule has 0 aromatic carbocycles. The second-order valence-corrected chi connectivity index (χ2v) is 3.51. The summed E-state index contributed by atoms with van der Waals surface area (Å²) in [6, 6.07) is 0. The molecule has 1 heterocycles. The SMILES string of the molecule is C1CN=PSC1. The molecule has 6 heavy (non-hydrogen) atoms. The van der Waals surface area contributed by atoms with Crippen LogP contribution < -0.4 is 0 Å². The van der Waals surface area contributed by atoms with Gasteiger partial charge in [-0.2, -0.15) is 0 Å². The molecule has 0 bridgehead atoms. The Labute approximate surface area is 43.2 Å². The molecule has 0 N–H and O–H groups in total. The van der Waals surface area contributed by atoms with E-state index in [0.717, 1.165) is 6.54 Å². The minimum atomic E-state index is 1.09. The average Bonchev–Trinajstić information content (AvgIpc) is 1.72. The summed E-state index contributed by atoms with van der Waals surface area (Å²) in [5.41, 5.74) is 0. The molecule has 1 rings (SSSR count). The van der Waals surface area contributed by atoms with Gasteiger partial charge in [-0.3, -0.25) is 4.74 Å². The quantitative estimate of drug-likeness (QED) is 0.445. The summed E-state index contributed by atoms with van der Waals surface area (Å²) in [7, 11) is 1.24. The highest BCUT2D eigenvalue weighted by Crippen LogP contribution is 2.25. The zero-order valence-corrected chi connectivity index (χ0v) is 5.13. The first kappa shape index (κ1) is 4.61. The van der Waals surface area contributed by atoms with Crippen molar-refractivity contribution in [1.82, 2.24) is 0 Å². The highest BCUT2D eigenvalue weighted by atomic mass is 32.7. The third-order valence-electron chi connectivity index (χ3n) is 0.609. The van der Waals surface area contributed by atoms with E-state index in [9.17, 15) is 0 Å². The minimum Gasteiger partial charge on any atom is -0.257 e. The summed E-state index contributed by atoms with van der Waals surface area (Å²) in [5.74, 6) is 1.31. The van der Waals surface area contributed by atoms with Crippen molar-refractivity contribution in [3.63, 3.8) is 0 Å². The summed E-state index contributed by atoms with van der Waals surface area (Å²) < 4.78 is 4.11. The molecule has 0 saturated heterocycles. The van der Waals surface area contributed by atoms with Gasteiger partial charge >= 0.3 is 0 Å². The van der Waals surface area contributed by atoms with E-state index >= 15 is 0 Å². The molecule has 0 aliphatic carbocycles. The molecule has 0 fully saturated rings. The molecule has 0 saturated carbocycles. The zero-order valence-electron chi connectivity index (χ0n) is 3.42. The zero-order chi connectivity index (χ0) is 4.24. The Morgan fingerprint density at radius 3 is 2.83 bits per heavy atom. The van der Waals surface area contributed by atoms with Crippen LogP contribution in [-0.4, -0.2) is 12.3 Å². The first-order valence-corrected chi connectivity index (χ1v) is 4.43. The Balaban J connectivity index is 2.26. The summed E-state index contributed by atoms with van der Waals surface area (Å²) in [5, 5.41) is 0. The van der Waals surface area contributed by atoms with E-state index in [0.29, 0.717) is 0 Å².